The average molecular weight is 226 g/mol. The molecule has 92 valence electrons. The third kappa shape index (κ3) is 3.22. The van der Waals surface area contributed by atoms with Crippen LogP contribution in [0.3, 0.4) is 0 Å². The second-order valence-corrected chi connectivity index (χ2v) is 4.57. The Hall–Kier alpha value is -1.06. The Morgan fingerprint density at radius 2 is 1.62 bits per heavy atom. The smallest absolute Gasteiger partial charge is 0.225 e. The highest BCUT2D eigenvalue weighted by Crippen LogP contribution is 2.08. The lowest BCUT2D eigenvalue weighted by Gasteiger charge is -2.23. The van der Waals surface area contributed by atoms with Crippen molar-refractivity contribution >= 4 is 11.8 Å². The summed E-state index contributed by atoms with van der Waals surface area (Å²) in [4.78, 5) is 27.1. The number of carbonyl (C=O) groups is 2. The third-order valence-electron chi connectivity index (χ3n) is 2.96. The van der Waals surface area contributed by atoms with Crippen molar-refractivity contribution < 1.29 is 9.59 Å². The van der Waals surface area contributed by atoms with Gasteiger partial charge in [0.05, 0.1) is 0 Å². The van der Waals surface area contributed by atoms with E-state index in [1.807, 2.05) is 30.6 Å². The molecule has 0 atom stereocenters. The van der Waals surface area contributed by atoms with Gasteiger partial charge in [-0.15, -0.1) is 0 Å². The monoisotopic (exact) mass is 226 g/mol. The van der Waals surface area contributed by atoms with E-state index in [-0.39, 0.29) is 17.7 Å². The fourth-order valence-electron chi connectivity index (χ4n) is 1.98. The molecular weight excluding hydrogens is 204 g/mol. The van der Waals surface area contributed by atoms with Gasteiger partial charge in [0, 0.05) is 38.5 Å². The standard InChI is InChI=1S/C12H22N2O2/c1-4-11(15)13-6-5-7-14(9-8-13)12(16)10(2)3/h10H,4-9H2,1-3H3. The van der Waals surface area contributed by atoms with Crippen molar-refractivity contribution in [3.8, 4) is 0 Å². The molecule has 2 amide bonds. The average Bonchev–Trinajstić information content (AvgIpc) is 2.52. The molecule has 0 N–H and O–H groups in total. The zero-order chi connectivity index (χ0) is 12.1. The lowest BCUT2D eigenvalue weighted by atomic mass is 10.2. The molecule has 0 radical (unpaired) electrons. The Morgan fingerprint density at radius 3 is 2.19 bits per heavy atom. The summed E-state index contributed by atoms with van der Waals surface area (Å²) in [6.45, 7) is 8.65. The molecule has 1 aliphatic heterocycles. The van der Waals surface area contributed by atoms with Crippen LogP contribution in [0.5, 0.6) is 0 Å². The highest BCUT2D eigenvalue weighted by atomic mass is 16.2. The molecule has 4 nitrogen and oxygen atoms in total. The van der Waals surface area contributed by atoms with Gasteiger partial charge in [0.2, 0.25) is 11.8 Å². The van der Waals surface area contributed by atoms with E-state index in [1.54, 1.807) is 0 Å². The van der Waals surface area contributed by atoms with E-state index in [0.717, 1.165) is 19.5 Å². The van der Waals surface area contributed by atoms with Gasteiger partial charge in [0.1, 0.15) is 0 Å². The van der Waals surface area contributed by atoms with Gasteiger partial charge in [-0.3, -0.25) is 9.59 Å². The summed E-state index contributed by atoms with van der Waals surface area (Å²) in [6, 6.07) is 0. The van der Waals surface area contributed by atoms with E-state index in [1.165, 1.54) is 0 Å². The normalized spacial score (nSPS) is 17.5. The first-order chi connectivity index (χ1) is 7.56. The predicted molar refractivity (Wildman–Crippen MR) is 62.9 cm³/mol. The molecule has 16 heavy (non-hydrogen) atoms. The lowest BCUT2D eigenvalue weighted by molar-refractivity contribution is -0.135. The molecule has 0 aromatic rings. The Bertz CT molecular complexity index is 264. The number of hydrogen-bond acceptors (Lipinski definition) is 2. The van der Waals surface area contributed by atoms with Crippen LogP contribution in [0.15, 0.2) is 0 Å². The number of nitrogens with zero attached hydrogens (tertiary/aromatic N) is 2. The van der Waals surface area contributed by atoms with Gasteiger partial charge >= 0.3 is 0 Å². The van der Waals surface area contributed by atoms with Crippen LogP contribution in [0.1, 0.15) is 33.6 Å². The molecule has 0 aromatic carbocycles. The summed E-state index contributed by atoms with van der Waals surface area (Å²) in [6.07, 6.45) is 1.45. The fourth-order valence-corrected chi connectivity index (χ4v) is 1.98. The van der Waals surface area contributed by atoms with Crippen molar-refractivity contribution in [2.75, 3.05) is 26.2 Å². The topological polar surface area (TPSA) is 40.6 Å². The largest absolute Gasteiger partial charge is 0.341 e. The van der Waals surface area contributed by atoms with Crippen molar-refractivity contribution in [1.29, 1.82) is 0 Å². The van der Waals surface area contributed by atoms with Crippen molar-refractivity contribution in [2.24, 2.45) is 5.92 Å². The Morgan fingerprint density at radius 1 is 1.06 bits per heavy atom. The molecule has 0 aliphatic carbocycles. The van der Waals surface area contributed by atoms with E-state index in [2.05, 4.69) is 0 Å². The highest BCUT2D eigenvalue weighted by Gasteiger charge is 2.22. The van der Waals surface area contributed by atoms with Crippen LogP contribution in [-0.4, -0.2) is 47.8 Å². The summed E-state index contributed by atoms with van der Waals surface area (Å²) < 4.78 is 0. The first-order valence-corrected chi connectivity index (χ1v) is 6.12. The maximum atomic E-state index is 11.8. The van der Waals surface area contributed by atoms with Crippen molar-refractivity contribution in [1.82, 2.24) is 9.80 Å². The van der Waals surface area contributed by atoms with E-state index >= 15 is 0 Å². The summed E-state index contributed by atoms with van der Waals surface area (Å²) in [5, 5.41) is 0. The van der Waals surface area contributed by atoms with Crippen LogP contribution in [-0.2, 0) is 9.59 Å². The zero-order valence-electron chi connectivity index (χ0n) is 10.5. The van der Waals surface area contributed by atoms with Gasteiger partial charge in [-0.25, -0.2) is 0 Å². The van der Waals surface area contributed by atoms with E-state index < -0.39 is 0 Å². The van der Waals surface area contributed by atoms with Crippen LogP contribution < -0.4 is 0 Å². The van der Waals surface area contributed by atoms with E-state index in [0.29, 0.717) is 19.5 Å². The fraction of sp³-hybridized carbons (Fsp3) is 0.833. The molecular formula is C12H22N2O2. The molecule has 1 rings (SSSR count). The Kier molecular flexibility index (Phi) is 4.77. The molecule has 0 spiro atoms. The van der Waals surface area contributed by atoms with Crippen LogP contribution in [0.25, 0.3) is 0 Å². The minimum atomic E-state index is 0.0495. The van der Waals surface area contributed by atoms with Gasteiger partial charge in [0.25, 0.3) is 0 Å². The maximum absolute atomic E-state index is 11.8. The van der Waals surface area contributed by atoms with Gasteiger partial charge in [-0.1, -0.05) is 20.8 Å². The van der Waals surface area contributed by atoms with Crippen molar-refractivity contribution in [3.63, 3.8) is 0 Å². The van der Waals surface area contributed by atoms with Gasteiger partial charge in [-0.2, -0.15) is 0 Å². The van der Waals surface area contributed by atoms with Crippen LogP contribution in [0, 0.1) is 5.92 Å². The number of rotatable bonds is 2. The SMILES string of the molecule is CCC(=O)N1CCCN(C(=O)C(C)C)CC1. The molecule has 1 saturated heterocycles. The second-order valence-electron chi connectivity index (χ2n) is 4.57. The molecule has 0 aromatic heterocycles. The van der Waals surface area contributed by atoms with Gasteiger partial charge in [0.15, 0.2) is 0 Å². The first-order valence-electron chi connectivity index (χ1n) is 6.12. The van der Waals surface area contributed by atoms with E-state index in [9.17, 15) is 9.59 Å². The van der Waals surface area contributed by atoms with Crippen LogP contribution in [0.2, 0.25) is 0 Å². The molecule has 0 bridgehead atoms. The molecule has 0 unspecified atom stereocenters. The first kappa shape index (κ1) is 13.0. The summed E-state index contributed by atoms with van der Waals surface area (Å²) in [5.74, 6) is 0.443. The van der Waals surface area contributed by atoms with Crippen LogP contribution in [0.4, 0.5) is 0 Å². The second kappa shape index (κ2) is 5.87. The number of amides is 2. The molecule has 1 fully saturated rings. The van der Waals surface area contributed by atoms with Gasteiger partial charge in [-0.05, 0) is 6.42 Å². The lowest BCUT2D eigenvalue weighted by Crippen LogP contribution is -2.38. The summed E-state index contributed by atoms with van der Waals surface area (Å²) >= 11 is 0. The third-order valence-corrected chi connectivity index (χ3v) is 2.96. The summed E-state index contributed by atoms with van der Waals surface area (Å²) in [5.41, 5.74) is 0. The minimum absolute atomic E-state index is 0.0495. The van der Waals surface area contributed by atoms with Crippen LogP contribution >= 0.6 is 0 Å². The zero-order valence-corrected chi connectivity index (χ0v) is 10.5. The van der Waals surface area contributed by atoms with Crippen molar-refractivity contribution in [2.45, 2.75) is 33.6 Å². The maximum Gasteiger partial charge on any atom is 0.225 e. The Labute approximate surface area is 97.6 Å². The quantitative estimate of drug-likeness (QED) is 0.708. The van der Waals surface area contributed by atoms with Gasteiger partial charge < -0.3 is 9.80 Å². The summed E-state index contributed by atoms with van der Waals surface area (Å²) in [7, 11) is 0. The number of hydrogen-bond donors (Lipinski definition) is 0. The minimum Gasteiger partial charge on any atom is -0.341 e. The predicted octanol–water partition coefficient (Wildman–Crippen LogP) is 1.11. The highest BCUT2D eigenvalue weighted by molar-refractivity contribution is 5.78. The van der Waals surface area contributed by atoms with E-state index in [4.69, 9.17) is 0 Å². The molecule has 1 aliphatic rings. The molecule has 1 heterocycles. The molecule has 0 saturated carbocycles. The Balaban J connectivity index is 2.52. The van der Waals surface area contributed by atoms with Crippen molar-refractivity contribution in [3.05, 3.63) is 0 Å². The number of carbonyl (C=O) groups excluding carboxylic acids is 2. The molecule has 4 heteroatoms.